The SMILES string of the molecule is CC1(C)c2ccccc2-c2cc3c4cc(-c5ccc6c(c5)c5cc7c(cc5n6-c5ccccc5C(F)(F)F)C(C)(C)c5ccccc5-7)ccc4n(-c4ccccc4C(F)(F)F)c3cc21. The van der Waals surface area contributed by atoms with Crippen molar-refractivity contribution in [2.45, 2.75) is 50.9 Å². The number of hydrogen-bond donors (Lipinski definition) is 0. The molecule has 0 amide bonds. The van der Waals surface area contributed by atoms with Gasteiger partial charge >= 0.3 is 12.4 Å². The van der Waals surface area contributed by atoms with Gasteiger partial charge in [0.05, 0.1) is 44.6 Å². The molecular weight excluding hydrogens is 815 g/mol. The first-order valence-electron chi connectivity index (χ1n) is 21.3. The summed E-state index contributed by atoms with van der Waals surface area (Å²) in [5.74, 6) is 0. The molecule has 0 fully saturated rings. The van der Waals surface area contributed by atoms with Crippen molar-refractivity contribution >= 4 is 43.6 Å². The van der Waals surface area contributed by atoms with E-state index in [0.717, 1.165) is 89.3 Å². The minimum Gasteiger partial charge on any atom is -0.309 e. The van der Waals surface area contributed by atoms with Gasteiger partial charge in [0.15, 0.2) is 0 Å². The molecule has 0 unspecified atom stereocenters. The fourth-order valence-electron chi connectivity index (χ4n) is 11.1. The summed E-state index contributed by atoms with van der Waals surface area (Å²) in [5.41, 5.74) is 10.8. The molecule has 2 heterocycles. The molecule has 12 rings (SSSR count). The van der Waals surface area contributed by atoms with Crippen LogP contribution in [0.3, 0.4) is 0 Å². The second kappa shape index (κ2) is 12.8. The summed E-state index contributed by atoms with van der Waals surface area (Å²) in [6.07, 6.45) is -9.20. The van der Waals surface area contributed by atoms with Crippen LogP contribution in [-0.2, 0) is 23.2 Å². The second-order valence-corrected chi connectivity index (χ2v) is 18.3. The van der Waals surface area contributed by atoms with Gasteiger partial charge in [-0.1, -0.05) is 113 Å². The number of nitrogens with zero attached hydrogens (tertiary/aromatic N) is 2. The van der Waals surface area contributed by atoms with Crippen molar-refractivity contribution in [2.75, 3.05) is 0 Å². The van der Waals surface area contributed by atoms with Gasteiger partial charge in [-0.25, -0.2) is 0 Å². The topological polar surface area (TPSA) is 9.86 Å². The molecule has 64 heavy (non-hydrogen) atoms. The first kappa shape index (κ1) is 38.6. The van der Waals surface area contributed by atoms with Crippen molar-refractivity contribution in [3.8, 4) is 44.8 Å². The van der Waals surface area contributed by atoms with E-state index in [0.29, 0.717) is 22.1 Å². The lowest BCUT2D eigenvalue weighted by Gasteiger charge is -2.22. The second-order valence-electron chi connectivity index (χ2n) is 18.3. The number of para-hydroxylation sites is 2. The fourth-order valence-corrected chi connectivity index (χ4v) is 11.1. The van der Waals surface area contributed by atoms with Crippen molar-refractivity contribution in [3.05, 3.63) is 191 Å². The third-order valence-electron chi connectivity index (χ3n) is 14.2. The van der Waals surface area contributed by atoms with E-state index in [-0.39, 0.29) is 22.2 Å². The molecule has 0 bridgehead atoms. The van der Waals surface area contributed by atoms with E-state index in [2.05, 4.69) is 76.2 Å². The molecule has 0 saturated carbocycles. The van der Waals surface area contributed by atoms with Gasteiger partial charge in [-0.3, -0.25) is 0 Å². The molecular formula is C56H38F6N2. The van der Waals surface area contributed by atoms with Gasteiger partial charge in [-0.05, 0) is 128 Å². The molecule has 0 atom stereocenters. The Labute approximate surface area is 364 Å². The molecule has 2 aliphatic carbocycles. The average Bonchev–Trinajstić information content (AvgIpc) is 3.92. The van der Waals surface area contributed by atoms with Crippen molar-refractivity contribution in [1.82, 2.24) is 9.13 Å². The molecule has 2 aliphatic rings. The number of aromatic nitrogens is 2. The van der Waals surface area contributed by atoms with Crippen LogP contribution >= 0.6 is 0 Å². The lowest BCUT2D eigenvalue weighted by atomic mass is 9.82. The van der Waals surface area contributed by atoms with E-state index in [1.165, 1.54) is 24.3 Å². The van der Waals surface area contributed by atoms with Crippen LogP contribution in [0, 0.1) is 0 Å². The minimum atomic E-state index is -4.60. The van der Waals surface area contributed by atoms with Crippen LogP contribution in [0.5, 0.6) is 0 Å². The van der Waals surface area contributed by atoms with E-state index in [9.17, 15) is 26.3 Å². The third kappa shape index (κ3) is 5.22. The molecule has 8 aromatic carbocycles. The molecule has 0 radical (unpaired) electrons. The molecule has 0 N–H and O–H groups in total. The molecule has 0 saturated heterocycles. The van der Waals surface area contributed by atoms with Crippen LogP contribution in [0.25, 0.3) is 88.4 Å². The van der Waals surface area contributed by atoms with Crippen molar-refractivity contribution in [3.63, 3.8) is 0 Å². The Morgan fingerprint density at radius 2 is 0.703 bits per heavy atom. The average molecular weight is 853 g/mol. The molecule has 8 heteroatoms. The van der Waals surface area contributed by atoms with Gasteiger partial charge in [0.1, 0.15) is 0 Å². The predicted octanol–water partition coefficient (Wildman–Crippen LogP) is 16.2. The number of fused-ring (bicyclic) bond motifs is 12. The zero-order chi connectivity index (χ0) is 44.2. The Balaban J connectivity index is 1.14. The molecule has 0 aliphatic heterocycles. The minimum absolute atomic E-state index is 0.0432. The summed E-state index contributed by atoms with van der Waals surface area (Å²) in [6.45, 7) is 8.62. The third-order valence-corrected chi connectivity index (χ3v) is 14.2. The monoisotopic (exact) mass is 852 g/mol. The van der Waals surface area contributed by atoms with E-state index in [1.54, 1.807) is 21.3 Å². The van der Waals surface area contributed by atoms with Gasteiger partial charge in [-0.15, -0.1) is 0 Å². The van der Waals surface area contributed by atoms with Gasteiger partial charge in [-0.2, -0.15) is 26.3 Å². The smallest absolute Gasteiger partial charge is 0.309 e. The first-order valence-corrected chi connectivity index (χ1v) is 21.3. The number of alkyl halides is 6. The lowest BCUT2D eigenvalue weighted by molar-refractivity contribution is -0.138. The zero-order valence-corrected chi connectivity index (χ0v) is 35.2. The highest BCUT2D eigenvalue weighted by Gasteiger charge is 2.40. The number of benzene rings is 8. The van der Waals surface area contributed by atoms with Gasteiger partial charge in [0.25, 0.3) is 0 Å². The van der Waals surface area contributed by atoms with E-state index >= 15 is 0 Å². The van der Waals surface area contributed by atoms with Crippen LogP contribution in [0.2, 0.25) is 0 Å². The first-order chi connectivity index (χ1) is 30.5. The fraction of sp³-hybridized carbons (Fsp3) is 0.143. The Bertz CT molecular complexity index is 3410. The predicted molar refractivity (Wildman–Crippen MR) is 246 cm³/mol. The zero-order valence-electron chi connectivity index (χ0n) is 35.2. The largest absolute Gasteiger partial charge is 0.418 e. The van der Waals surface area contributed by atoms with Crippen molar-refractivity contribution < 1.29 is 26.3 Å². The number of rotatable bonds is 3. The van der Waals surface area contributed by atoms with Crippen LogP contribution < -0.4 is 0 Å². The van der Waals surface area contributed by atoms with Crippen LogP contribution in [0.1, 0.15) is 61.1 Å². The van der Waals surface area contributed by atoms with Crippen molar-refractivity contribution in [1.29, 1.82) is 0 Å². The number of hydrogen-bond acceptors (Lipinski definition) is 0. The van der Waals surface area contributed by atoms with Gasteiger partial charge < -0.3 is 9.13 Å². The highest BCUT2D eigenvalue weighted by molar-refractivity contribution is 6.15. The van der Waals surface area contributed by atoms with Gasteiger partial charge in [0, 0.05) is 32.4 Å². The Kier molecular flexibility index (Phi) is 7.71. The summed E-state index contributed by atoms with van der Waals surface area (Å²) >= 11 is 0. The molecule has 0 spiro atoms. The molecule has 10 aromatic rings. The summed E-state index contributed by atoms with van der Waals surface area (Å²) in [4.78, 5) is 0. The Morgan fingerprint density at radius 1 is 0.344 bits per heavy atom. The normalized spacial score (nSPS) is 15.0. The van der Waals surface area contributed by atoms with Crippen LogP contribution in [-0.4, -0.2) is 9.13 Å². The maximum Gasteiger partial charge on any atom is 0.418 e. The maximum absolute atomic E-state index is 14.8. The lowest BCUT2D eigenvalue weighted by Crippen LogP contribution is -2.15. The van der Waals surface area contributed by atoms with E-state index in [4.69, 9.17) is 0 Å². The van der Waals surface area contributed by atoms with E-state index < -0.39 is 23.5 Å². The quantitative estimate of drug-likeness (QED) is 0.157. The Hall–Kier alpha value is -7.06. The standard InChI is InChI=1S/C56H38F6N2/c1-53(2)41-15-7-5-13-33(41)35-27-39-37-25-31(21-23-47(37)63(51(39)29-45(35)53)49-19-11-9-17-43(49)55(57,58)59)32-22-24-48-38(26-32)40-28-36-34-14-6-8-16-42(34)54(3,4)46(36)30-52(40)64(48)50-20-12-10-18-44(50)56(60,61)62/h5-30H,1-4H3. The summed E-state index contributed by atoms with van der Waals surface area (Å²) in [7, 11) is 0. The molecule has 2 aromatic heterocycles. The summed E-state index contributed by atoms with van der Waals surface area (Å²) in [6, 6.07) is 48.0. The molecule has 314 valence electrons. The van der Waals surface area contributed by atoms with Gasteiger partial charge in [0.2, 0.25) is 0 Å². The number of halogens is 6. The van der Waals surface area contributed by atoms with Crippen LogP contribution in [0.15, 0.2) is 158 Å². The maximum atomic E-state index is 14.8. The highest BCUT2D eigenvalue weighted by Crippen LogP contribution is 2.54. The summed E-state index contributed by atoms with van der Waals surface area (Å²) in [5, 5.41) is 3.21. The van der Waals surface area contributed by atoms with Crippen molar-refractivity contribution in [2.24, 2.45) is 0 Å². The van der Waals surface area contributed by atoms with Crippen LogP contribution in [0.4, 0.5) is 26.3 Å². The highest BCUT2D eigenvalue weighted by atomic mass is 19.4. The van der Waals surface area contributed by atoms with E-state index in [1.807, 2.05) is 60.7 Å². The Morgan fingerprint density at radius 3 is 1.11 bits per heavy atom. The summed E-state index contributed by atoms with van der Waals surface area (Å²) < 4.78 is 92.2. The molecule has 2 nitrogen and oxygen atoms in total.